The molecule has 1 saturated carbocycles. The molecule has 2 nitrogen and oxygen atoms in total. The van der Waals surface area contributed by atoms with Crippen LogP contribution < -0.4 is 5.32 Å². The van der Waals surface area contributed by atoms with Crippen LogP contribution in [0.2, 0.25) is 0 Å². The van der Waals surface area contributed by atoms with Crippen molar-refractivity contribution in [1.82, 2.24) is 10.2 Å². The van der Waals surface area contributed by atoms with Crippen LogP contribution in [0.1, 0.15) is 30.9 Å². The van der Waals surface area contributed by atoms with Gasteiger partial charge in [-0.3, -0.25) is 4.90 Å². The summed E-state index contributed by atoms with van der Waals surface area (Å²) in [6.45, 7) is 4.31. The number of nitrogens with one attached hydrogen (secondary N) is 1. The monoisotopic (exact) mass is 362 g/mol. The lowest BCUT2D eigenvalue weighted by Crippen LogP contribution is -2.47. The van der Waals surface area contributed by atoms with Crippen LogP contribution >= 0.6 is 28.3 Å². The van der Waals surface area contributed by atoms with Crippen molar-refractivity contribution in [2.24, 2.45) is 5.92 Å². The van der Waals surface area contributed by atoms with Crippen molar-refractivity contribution in [2.75, 3.05) is 26.2 Å². The van der Waals surface area contributed by atoms with Crippen LogP contribution in [0.25, 0.3) is 0 Å². The van der Waals surface area contributed by atoms with Crippen molar-refractivity contribution in [3.8, 4) is 0 Å². The summed E-state index contributed by atoms with van der Waals surface area (Å²) in [6.07, 6.45) is 3.96. The summed E-state index contributed by atoms with van der Waals surface area (Å²) in [6, 6.07) is 5.99. The SMILES string of the molecule is Cl.Fc1ccc([C@@H](C2CCC2)N2CCNCC2)cc1Br. The molecule has 1 aromatic rings. The van der Waals surface area contributed by atoms with E-state index in [1.54, 1.807) is 6.07 Å². The molecule has 0 amide bonds. The number of rotatable bonds is 3. The minimum atomic E-state index is -0.170. The van der Waals surface area contributed by atoms with Gasteiger partial charge in [-0.05, 0) is 52.4 Å². The van der Waals surface area contributed by atoms with Gasteiger partial charge in [-0.25, -0.2) is 4.39 Å². The molecule has 20 heavy (non-hydrogen) atoms. The fourth-order valence-electron chi connectivity index (χ4n) is 3.19. The summed E-state index contributed by atoms with van der Waals surface area (Å²) in [4.78, 5) is 2.57. The minimum absolute atomic E-state index is 0. The third-order valence-corrected chi connectivity index (χ3v) is 5.03. The van der Waals surface area contributed by atoms with Gasteiger partial charge in [0.05, 0.1) is 4.47 Å². The zero-order valence-corrected chi connectivity index (χ0v) is 13.9. The molecule has 0 unspecified atom stereocenters. The van der Waals surface area contributed by atoms with E-state index < -0.39 is 0 Å². The number of hydrogen-bond acceptors (Lipinski definition) is 2. The lowest BCUT2D eigenvalue weighted by molar-refractivity contribution is 0.0836. The van der Waals surface area contributed by atoms with Gasteiger partial charge in [-0.2, -0.15) is 0 Å². The Kier molecular flexibility index (Phi) is 5.84. The van der Waals surface area contributed by atoms with Gasteiger partial charge >= 0.3 is 0 Å². The molecule has 0 radical (unpaired) electrons. The van der Waals surface area contributed by atoms with Crippen molar-refractivity contribution in [3.05, 3.63) is 34.1 Å². The van der Waals surface area contributed by atoms with E-state index in [1.165, 1.54) is 24.8 Å². The van der Waals surface area contributed by atoms with Crippen LogP contribution in [0.15, 0.2) is 22.7 Å². The second-order valence-electron chi connectivity index (χ2n) is 5.60. The highest BCUT2D eigenvalue weighted by atomic mass is 79.9. The largest absolute Gasteiger partial charge is 0.314 e. The highest BCUT2D eigenvalue weighted by Crippen LogP contribution is 2.42. The fourth-order valence-corrected chi connectivity index (χ4v) is 3.59. The predicted molar refractivity (Wildman–Crippen MR) is 85.9 cm³/mol. The Morgan fingerprint density at radius 2 is 1.95 bits per heavy atom. The van der Waals surface area contributed by atoms with Crippen LogP contribution in [0.4, 0.5) is 4.39 Å². The number of piperazine rings is 1. The lowest BCUT2D eigenvalue weighted by atomic mass is 9.76. The zero-order chi connectivity index (χ0) is 13.2. The molecule has 1 atom stereocenters. The maximum atomic E-state index is 13.4. The van der Waals surface area contributed by atoms with Crippen LogP contribution in [0.3, 0.4) is 0 Å². The number of hydrogen-bond donors (Lipinski definition) is 1. The van der Waals surface area contributed by atoms with E-state index >= 15 is 0 Å². The maximum absolute atomic E-state index is 13.4. The first-order valence-corrected chi connectivity index (χ1v) is 7.95. The second kappa shape index (κ2) is 7.21. The van der Waals surface area contributed by atoms with Crippen molar-refractivity contribution in [3.63, 3.8) is 0 Å². The topological polar surface area (TPSA) is 15.3 Å². The summed E-state index contributed by atoms with van der Waals surface area (Å²) < 4.78 is 14.0. The van der Waals surface area contributed by atoms with Crippen LogP contribution in [-0.4, -0.2) is 31.1 Å². The van der Waals surface area contributed by atoms with E-state index in [9.17, 15) is 4.39 Å². The van der Waals surface area contributed by atoms with Crippen LogP contribution in [0.5, 0.6) is 0 Å². The molecule has 3 rings (SSSR count). The van der Waals surface area contributed by atoms with E-state index in [0.29, 0.717) is 10.5 Å². The molecule has 2 aliphatic rings. The van der Waals surface area contributed by atoms with E-state index in [0.717, 1.165) is 32.1 Å². The Labute approximate surface area is 134 Å². The molecule has 112 valence electrons. The molecule has 1 saturated heterocycles. The number of nitrogens with zero attached hydrogens (tertiary/aromatic N) is 1. The lowest BCUT2D eigenvalue weighted by Gasteiger charge is -2.43. The van der Waals surface area contributed by atoms with E-state index in [-0.39, 0.29) is 18.2 Å². The molecule has 1 aromatic carbocycles. The molecule has 1 aliphatic carbocycles. The number of halogens is 3. The number of benzene rings is 1. The van der Waals surface area contributed by atoms with Gasteiger partial charge < -0.3 is 5.32 Å². The Morgan fingerprint density at radius 3 is 2.50 bits per heavy atom. The van der Waals surface area contributed by atoms with E-state index in [4.69, 9.17) is 0 Å². The van der Waals surface area contributed by atoms with Crippen molar-refractivity contribution < 1.29 is 4.39 Å². The minimum Gasteiger partial charge on any atom is -0.314 e. The first-order valence-electron chi connectivity index (χ1n) is 7.15. The first kappa shape index (κ1) is 16.2. The molecule has 0 aromatic heterocycles. The van der Waals surface area contributed by atoms with Gasteiger partial charge in [-0.1, -0.05) is 12.5 Å². The average molecular weight is 364 g/mol. The molecule has 0 bridgehead atoms. The maximum Gasteiger partial charge on any atom is 0.137 e. The standard InChI is InChI=1S/C15H20BrFN2.ClH/c16-13-10-12(4-5-14(13)17)15(11-2-1-3-11)19-8-6-18-7-9-19;/h4-5,10-11,15,18H,1-3,6-9H2;1H/t15-;/m1./s1. The molecule has 1 heterocycles. The van der Waals surface area contributed by atoms with Gasteiger partial charge in [0.25, 0.3) is 0 Å². The van der Waals surface area contributed by atoms with E-state index in [1.807, 2.05) is 12.1 Å². The molecular weight excluding hydrogens is 343 g/mol. The Hall–Kier alpha value is -0.160. The average Bonchev–Trinajstić information content (AvgIpc) is 2.38. The summed E-state index contributed by atoms with van der Waals surface area (Å²) >= 11 is 3.32. The van der Waals surface area contributed by atoms with Gasteiger partial charge in [0.15, 0.2) is 0 Å². The molecule has 1 aliphatic heterocycles. The first-order chi connectivity index (χ1) is 9.25. The molecule has 1 N–H and O–H groups in total. The molecular formula is C15H21BrClFN2. The smallest absolute Gasteiger partial charge is 0.137 e. The second-order valence-corrected chi connectivity index (χ2v) is 6.45. The Morgan fingerprint density at radius 1 is 1.25 bits per heavy atom. The zero-order valence-electron chi connectivity index (χ0n) is 11.4. The van der Waals surface area contributed by atoms with Crippen LogP contribution in [-0.2, 0) is 0 Å². The summed E-state index contributed by atoms with van der Waals surface area (Å²) in [5, 5.41) is 3.41. The van der Waals surface area contributed by atoms with Gasteiger partial charge in [0.1, 0.15) is 5.82 Å². The Balaban J connectivity index is 0.00000147. The Bertz CT molecular complexity index is 447. The van der Waals surface area contributed by atoms with Crippen LogP contribution in [0, 0.1) is 11.7 Å². The van der Waals surface area contributed by atoms with Crippen molar-refractivity contribution in [2.45, 2.75) is 25.3 Å². The summed E-state index contributed by atoms with van der Waals surface area (Å²) in [5.41, 5.74) is 1.26. The van der Waals surface area contributed by atoms with Crippen molar-refractivity contribution >= 4 is 28.3 Å². The predicted octanol–water partition coefficient (Wildman–Crippen LogP) is 3.76. The molecule has 2 fully saturated rings. The van der Waals surface area contributed by atoms with Gasteiger partial charge in [0, 0.05) is 32.2 Å². The highest BCUT2D eigenvalue weighted by Gasteiger charge is 2.33. The quantitative estimate of drug-likeness (QED) is 0.880. The van der Waals surface area contributed by atoms with Gasteiger partial charge in [-0.15, -0.1) is 12.4 Å². The molecule has 5 heteroatoms. The van der Waals surface area contributed by atoms with Gasteiger partial charge in [0.2, 0.25) is 0 Å². The van der Waals surface area contributed by atoms with Crippen molar-refractivity contribution in [1.29, 1.82) is 0 Å². The van der Waals surface area contributed by atoms with E-state index in [2.05, 4.69) is 26.1 Å². The normalized spacial score (nSPS) is 21.9. The third kappa shape index (κ3) is 3.35. The molecule has 0 spiro atoms. The summed E-state index contributed by atoms with van der Waals surface area (Å²) in [5.74, 6) is 0.576. The summed E-state index contributed by atoms with van der Waals surface area (Å²) in [7, 11) is 0. The third-order valence-electron chi connectivity index (χ3n) is 4.43. The fraction of sp³-hybridized carbons (Fsp3) is 0.600. The highest BCUT2D eigenvalue weighted by molar-refractivity contribution is 9.10.